The molecule has 2 aromatic rings. The average Bonchev–Trinajstić information content (AvgIpc) is 2.61. The van der Waals surface area contributed by atoms with E-state index in [-0.39, 0.29) is 5.56 Å². The molecule has 3 rings (SSSR count). The summed E-state index contributed by atoms with van der Waals surface area (Å²) >= 11 is 2.00. The lowest BCUT2D eigenvalue weighted by atomic mass is 10.1. The van der Waals surface area contributed by atoms with Gasteiger partial charge in [-0.25, -0.2) is 8.78 Å². The molecule has 1 fully saturated rings. The van der Waals surface area contributed by atoms with Crippen LogP contribution in [0.5, 0.6) is 0 Å². The molecule has 0 spiro atoms. The van der Waals surface area contributed by atoms with Crippen LogP contribution in [0.15, 0.2) is 42.5 Å². The zero-order chi connectivity index (χ0) is 17.6. The quantitative estimate of drug-likeness (QED) is 0.878. The van der Waals surface area contributed by atoms with Gasteiger partial charge in [-0.3, -0.25) is 4.79 Å². The Kier molecular flexibility index (Phi) is 6.04. The molecule has 1 aliphatic rings. The maximum atomic E-state index is 13.2. The summed E-state index contributed by atoms with van der Waals surface area (Å²) in [6.07, 6.45) is 0.966. The number of nitrogens with zero attached hydrogens (tertiary/aromatic N) is 1. The predicted molar refractivity (Wildman–Crippen MR) is 98.2 cm³/mol. The van der Waals surface area contributed by atoms with Gasteiger partial charge in [-0.1, -0.05) is 12.1 Å². The molecule has 0 aromatic heterocycles. The minimum Gasteiger partial charge on any atom is -0.322 e. The van der Waals surface area contributed by atoms with E-state index in [0.717, 1.165) is 44.3 Å². The van der Waals surface area contributed by atoms with Crippen LogP contribution in [-0.2, 0) is 6.42 Å². The summed E-state index contributed by atoms with van der Waals surface area (Å²) in [5.41, 5.74) is 1.77. The molecule has 0 saturated carbocycles. The van der Waals surface area contributed by atoms with Crippen molar-refractivity contribution in [3.05, 3.63) is 65.2 Å². The Bertz CT molecular complexity index is 710. The third-order valence-corrected chi connectivity index (χ3v) is 5.10. The number of hydrogen-bond donors (Lipinski definition) is 1. The van der Waals surface area contributed by atoms with Crippen LogP contribution >= 0.6 is 11.8 Å². The highest BCUT2D eigenvalue weighted by molar-refractivity contribution is 7.99. The summed E-state index contributed by atoms with van der Waals surface area (Å²) in [4.78, 5) is 14.5. The highest BCUT2D eigenvalue weighted by Crippen LogP contribution is 2.15. The van der Waals surface area contributed by atoms with Crippen LogP contribution in [0.1, 0.15) is 15.9 Å². The second kappa shape index (κ2) is 8.45. The predicted octanol–water partition coefficient (Wildman–Crippen LogP) is 3.81. The fraction of sp³-hybridized carbons (Fsp3) is 0.316. The van der Waals surface area contributed by atoms with Crippen LogP contribution in [0, 0.1) is 11.6 Å². The Morgan fingerprint density at radius 3 is 2.32 bits per heavy atom. The number of benzene rings is 2. The normalized spacial score (nSPS) is 15.1. The van der Waals surface area contributed by atoms with Crippen molar-refractivity contribution in [1.82, 2.24) is 4.90 Å². The van der Waals surface area contributed by atoms with Gasteiger partial charge in [-0.05, 0) is 36.2 Å². The van der Waals surface area contributed by atoms with Gasteiger partial charge in [0.25, 0.3) is 5.91 Å². The minimum absolute atomic E-state index is 0.0375. The van der Waals surface area contributed by atoms with E-state index >= 15 is 0 Å². The molecule has 0 unspecified atom stereocenters. The number of nitrogens with one attached hydrogen (secondary N) is 1. The van der Waals surface area contributed by atoms with E-state index in [1.54, 1.807) is 0 Å². The van der Waals surface area contributed by atoms with Gasteiger partial charge in [-0.2, -0.15) is 11.8 Å². The molecule has 132 valence electrons. The molecule has 1 saturated heterocycles. The topological polar surface area (TPSA) is 32.3 Å². The van der Waals surface area contributed by atoms with Crippen LogP contribution in [0.4, 0.5) is 14.5 Å². The van der Waals surface area contributed by atoms with Crippen molar-refractivity contribution in [2.45, 2.75) is 6.42 Å². The van der Waals surface area contributed by atoms with Crippen molar-refractivity contribution in [2.75, 3.05) is 36.5 Å². The molecule has 0 bridgehead atoms. The average molecular weight is 362 g/mol. The van der Waals surface area contributed by atoms with Gasteiger partial charge >= 0.3 is 0 Å². The van der Waals surface area contributed by atoms with Gasteiger partial charge in [-0.15, -0.1) is 0 Å². The number of rotatable bonds is 5. The molecule has 0 atom stereocenters. The Labute approximate surface area is 150 Å². The molecule has 0 radical (unpaired) electrons. The first-order chi connectivity index (χ1) is 12.1. The summed E-state index contributed by atoms with van der Waals surface area (Å²) in [6, 6.07) is 10.4. The van der Waals surface area contributed by atoms with Crippen LogP contribution < -0.4 is 5.32 Å². The van der Waals surface area contributed by atoms with Crippen LogP contribution in [0.2, 0.25) is 0 Å². The lowest BCUT2D eigenvalue weighted by Crippen LogP contribution is -2.34. The third-order valence-electron chi connectivity index (χ3n) is 4.16. The maximum absolute atomic E-state index is 13.2. The van der Waals surface area contributed by atoms with Gasteiger partial charge in [0.15, 0.2) is 0 Å². The molecule has 1 heterocycles. The Morgan fingerprint density at radius 2 is 1.68 bits per heavy atom. The zero-order valence-corrected chi connectivity index (χ0v) is 14.6. The number of anilines is 1. The Balaban J connectivity index is 1.55. The second-order valence-electron chi connectivity index (χ2n) is 6.01. The smallest absolute Gasteiger partial charge is 0.255 e. The lowest BCUT2D eigenvalue weighted by molar-refractivity contribution is 0.102. The van der Waals surface area contributed by atoms with Gasteiger partial charge < -0.3 is 10.2 Å². The number of thioether (sulfide) groups is 1. The van der Waals surface area contributed by atoms with E-state index in [9.17, 15) is 13.6 Å². The van der Waals surface area contributed by atoms with E-state index in [1.165, 1.54) is 17.1 Å². The fourth-order valence-corrected chi connectivity index (χ4v) is 3.73. The zero-order valence-electron chi connectivity index (χ0n) is 13.8. The van der Waals surface area contributed by atoms with E-state index in [0.29, 0.717) is 5.69 Å². The van der Waals surface area contributed by atoms with Crippen molar-refractivity contribution < 1.29 is 13.6 Å². The molecule has 1 aliphatic heterocycles. The molecular formula is C19H20F2N2OS. The molecule has 25 heavy (non-hydrogen) atoms. The van der Waals surface area contributed by atoms with E-state index in [2.05, 4.69) is 10.2 Å². The van der Waals surface area contributed by atoms with E-state index in [4.69, 9.17) is 0 Å². The van der Waals surface area contributed by atoms with Crippen molar-refractivity contribution >= 4 is 23.4 Å². The Morgan fingerprint density at radius 1 is 1.04 bits per heavy atom. The van der Waals surface area contributed by atoms with Gasteiger partial charge in [0.05, 0.1) is 0 Å². The monoisotopic (exact) mass is 362 g/mol. The number of amides is 1. The first-order valence-corrected chi connectivity index (χ1v) is 9.42. The van der Waals surface area contributed by atoms with Crippen molar-refractivity contribution in [3.8, 4) is 0 Å². The van der Waals surface area contributed by atoms with Gasteiger partial charge in [0, 0.05) is 48.5 Å². The summed E-state index contributed by atoms with van der Waals surface area (Å²) in [6.45, 7) is 3.32. The van der Waals surface area contributed by atoms with Crippen LogP contribution in [0.3, 0.4) is 0 Å². The number of halogens is 2. The molecule has 1 amide bonds. The summed E-state index contributed by atoms with van der Waals surface area (Å²) in [7, 11) is 0. The minimum atomic E-state index is -0.767. The van der Waals surface area contributed by atoms with Crippen LogP contribution in [0.25, 0.3) is 0 Å². The molecule has 1 N–H and O–H groups in total. The van der Waals surface area contributed by atoms with E-state index < -0.39 is 17.5 Å². The summed E-state index contributed by atoms with van der Waals surface area (Å²) < 4.78 is 26.4. The highest BCUT2D eigenvalue weighted by atomic mass is 32.2. The first kappa shape index (κ1) is 17.9. The summed E-state index contributed by atoms with van der Waals surface area (Å²) in [5.74, 6) is 0.335. The molecule has 6 heteroatoms. The second-order valence-corrected chi connectivity index (χ2v) is 7.24. The van der Waals surface area contributed by atoms with Gasteiger partial charge in [0.1, 0.15) is 11.6 Å². The third kappa shape index (κ3) is 5.28. The number of carbonyl (C=O) groups excluding carboxylic acids is 1. The molecule has 3 nitrogen and oxygen atoms in total. The number of carbonyl (C=O) groups is 1. The standard InChI is InChI=1S/C19H20F2N2OS/c20-16-11-15(12-17(21)13-16)19(24)22-18-3-1-14(2-4-18)5-6-23-7-9-25-10-8-23/h1-4,11-13H,5-10H2,(H,22,24). The van der Waals surface area contributed by atoms with Gasteiger partial charge in [0.2, 0.25) is 0 Å². The van der Waals surface area contributed by atoms with Crippen LogP contribution in [-0.4, -0.2) is 41.9 Å². The SMILES string of the molecule is O=C(Nc1ccc(CCN2CCSCC2)cc1)c1cc(F)cc(F)c1. The lowest BCUT2D eigenvalue weighted by Gasteiger charge is -2.26. The van der Waals surface area contributed by atoms with Crippen molar-refractivity contribution in [2.24, 2.45) is 0 Å². The molecule has 0 aliphatic carbocycles. The number of hydrogen-bond acceptors (Lipinski definition) is 3. The molecular weight excluding hydrogens is 342 g/mol. The Hall–Kier alpha value is -1.92. The summed E-state index contributed by atoms with van der Waals surface area (Å²) in [5, 5.41) is 2.66. The first-order valence-electron chi connectivity index (χ1n) is 8.27. The van der Waals surface area contributed by atoms with Crippen molar-refractivity contribution in [3.63, 3.8) is 0 Å². The molecule has 2 aromatic carbocycles. The largest absolute Gasteiger partial charge is 0.322 e. The van der Waals surface area contributed by atoms with E-state index in [1.807, 2.05) is 36.0 Å². The highest BCUT2D eigenvalue weighted by Gasteiger charge is 2.11. The maximum Gasteiger partial charge on any atom is 0.255 e. The fourth-order valence-electron chi connectivity index (χ4n) is 2.75. The van der Waals surface area contributed by atoms with Crippen molar-refractivity contribution in [1.29, 1.82) is 0 Å².